The minimum atomic E-state index is -0.455. The molecule has 0 saturated carbocycles. The molecular formula is C14H21N3O4. The molecule has 0 atom stereocenters. The van der Waals surface area contributed by atoms with Gasteiger partial charge in [-0.05, 0) is 24.6 Å². The van der Waals surface area contributed by atoms with Gasteiger partial charge in [0.05, 0.1) is 11.5 Å². The summed E-state index contributed by atoms with van der Waals surface area (Å²) in [5.74, 6) is 0.159. The summed E-state index contributed by atoms with van der Waals surface area (Å²) in [6.07, 6.45) is 0.846. The van der Waals surface area contributed by atoms with Crippen molar-refractivity contribution in [3.05, 3.63) is 33.9 Å². The van der Waals surface area contributed by atoms with Crippen LogP contribution in [0.4, 0.5) is 5.69 Å². The Bertz CT molecular complexity index is 491. The van der Waals surface area contributed by atoms with Crippen molar-refractivity contribution in [2.24, 2.45) is 0 Å². The number of benzene rings is 1. The second-order valence-electron chi connectivity index (χ2n) is 4.46. The first kappa shape index (κ1) is 16.9. The van der Waals surface area contributed by atoms with Gasteiger partial charge >= 0.3 is 5.69 Å². The van der Waals surface area contributed by atoms with E-state index in [9.17, 15) is 14.9 Å². The minimum absolute atomic E-state index is 0.0506. The Balaban J connectivity index is 2.64. The zero-order chi connectivity index (χ0) is 15.7. The van der Waals surface area contributed by atoms with Gasteiger partial charge < -0.3 is 15.4 Å². The molecule has 1 aromatic rings. The van der Waals surface area contributed by atoms with Gasteiger partial charge in [0.25, 0.3) is 0 Å². The van der Waals surface area contributed by atoms with Crippen LogP contribution in [0.3, 0.4) is 0 Å². The number of rotatable bonds is 9. The van der Waals surface area contributed by atoms with Crippen LogP contribution in [0.5, 0.6) is 5.75 Å². The fraction of sp³-hybridized carbons (Fsp3) is 0.500. The van der Waals surface area contributed by atoms with Crippen LogP contribution in [0.25, 0.3) is 0 Å². The molecule has 0 aliphatic heterocycles. The number of ether oxygens (including phenoxy) is 1. The first-order valence-corrected chi connectivity index (χ1v) is 6.90. The Kier molecular flexibility index (Phi) is 7.17. The number of carbonyl (C=O) groups is 1. The summed E-state index contributed by atoms with van der Waals surface area (Å²) < 4.78 is 5.41. The van der Waals surface area contributed by atoms with E-state index >= 15 is 0 Å². The highest BCUT2D eigenvalue weighted by atomic mass is 16.6. The zero-order valence-electron chi connectivity index (χ0n) is 12.3. The van der Waals surface area contributed by atoms with E-state index in [0.717, 1.165) is 12.1 Å². The maximum atomic E-state index is 11.1. The molecule has 2 N–H and O–H groups in total. The van der Waals surface area contributed by atoms with Gasteiger partial charge in [0, 0.05) is 26.1 Å². The third-order valence-electron chi connectivity index (χ3n) is 2.88. The molecule has 0 unspecified atom stereocenters. The van der Waals surface area contributed by atoms with Crippen molar-refractivity contribution in [3.8, 4) is 5.75 Å². The summed E-state index contributed by atoms with van der Waals surface area (Å²) in [7, 11) is 1.57. The quantitative estimate of drug-likeness (QED) is 0.410. The number of hydrogen-bond acceptors (Lipinski definition) is 5. The molecule has 0 heterocycles. The minimum Gasteiger partial charge on any atom is -0.487 e. The highest BCUT2D eigenvalue weighted by Crippen LogP contribution is 2.28. The van der Waals surface area contributed by atoms with E-state index in [1.54, 1.807) is 19.2 Å². The molecule has 0 aliphatic carbocycles. The molecule has 0 bridgehead atoms. The fourth-order valence-electron chi connectivity index (χ4n) is 1.75. The van der Waals surface area contributed by atoms with Crippen molar-refractivity contribution in [1.29, 1.82) is 0 Å². The smallest absolute Gasteiger partial charge is 0.311 e. The number of carbonyl (C=O) groups excluding carboxylic acids is 1. The lowest BCUT2D eigenvalue weighted by Crippen LogP contribution is -2.18. The Morgan fingerprint density at radius 1 is 1.43 bits per heavy atom. The number of amides is 1. The van der Waals surface area contributed by atoms with Crippen LogP contribution in [-0.4, -0.2) is 31.0 Å². The SMILES string of the molecule is CCNCc1ccc(OCCCC(=O)NC)c([N+](=O)[O-])c1. The van der Waals surface area contributed by atoms with Crippen LogP contribution in [0.2, 0.25) is 0 Å². The first-order valence-electron chi connectivity index (χ1n) is 6.90. The summed E-state index contributed by atoms with van der Waals surface area (Å²) in [6, 6.07) is 4.91. The van der Waals surface area contributed by atoms with E-state index in [1.165, 1.54) is 6.07 Å². The second-order valence-corrected chi connectivity index (χ2v) is 4.46. The Morgan fingerprint density at radius 3 is 2.81 bits per heavy atom. The van der Waals surface area contributed by atoms with Crippen molar-refractivity contribution in [3.63, 3.8) is 0 Å². The summed E-state index contributed by atoms with van der Waals surface area (Å²) in [5, 5.41) is 16.7. The number of hydrogen-bond donors (Lipinski definition) is 2. The predicted molar refractivity (Wildman–Crippen MR) is 79.3 cm³/mol. The van der Waals surface area contributed by atoms with Crippen molar-refractivity contribution in [1.82, 2.24) is 10.6 Å². The van der Waals surface area contributed by atoms with E-state index in [2.05, 4.69) is 10.6 Å². The van der Waals surface area contributed by atoms with E-state index < -0.39 is 4.92 Å². The van der Waals surface area contributed by atoms with Crippen molar-refractivity contribution < 1.29 is 14.5 Å². The topological polar surface area (TPSA) is 93.5 Å². The van der Waals surface area contributed by atoms with Gasteiger partial charge in [0.15, 0.2) is 5.75 Å². The van der Waals surface area contributed by atoms with Gasteiger partial charge in [-0.1, -0.05) is 13.0 Å². The average molecular weight is 295 g/mol. The second kappa shape index (κ2) is 8.91. The van der Waals surface area contributed by atoms with Crippen LogP contribution < -0.4 is 15.4 Å². The average Bonchev–Trinajstić information content (AvgIpc) is 2.49. The van der Waals surface area contributed by atoms with Gasteiger partial charge in [0.2, 0.25) is 5.91 Å². The highest BCUT2D eigenvalue weighted by Gasteiger charge is 2.16. The number of nitrogens with one attached hydrogen (secondary N) is 2. The predicted octanol–water partition coefficient (Wildman–Crippen LogP) is 1.61. The van der Waals surface area contributed by atoms with Crippen LogP contribution >= 0.6 is 0 Å². The zero-order valence-corrected chi connectivity index (χ0v) is 12.3. The number of nitrogens with zero attached hydrogens (tertiary/aromatic N) is 1. The molecule has 21 heavy (non-hydrogen) atoms. The molecule has 0 spiro atoms. The summed E-state index contributed by atoms with van der Waals surface area (Å²) in [4.78, 5) is 21.7. The molecular weight excluding hydrogens is 274 g/mol. The van der Waals surface area contributed by atoms with Crippen LogP contribution in [0, 0.1) is 10.1 Å². The molecule has 116 valence electrons. The van der Waals surface area contributed by atoms with Crippen molar-refractivity contribution >= 4 is 11.6 Å². The first-order chi connectivity index (χ1) is 10.1. The monoisotopic (exact) mass is 295 g/mol. The number of nitro benzene ring substituents is 1. The molecule has 1 rings (SSSR count). The highest BCUT2D eigenvalue weighted by molar-refractivity contribution is 5.75. The largest absolute Gasteiger partial charge is 0.487 e. The fourth-order valence-corrected chi connectivity index (χ4v) is 1.75. The third-order valence-corrected chi connectivity index (χ3v) is 2.88. The number of nitro groups is 1. The van der Waals surface area contributed by atoms with Gasteiger partial charge in [-0.15, -0.1) is 0 Å². The summed E-state index contributed by atoms with van der Waals surface area (Å²) in [5.41, 5.74) is 0.784. The Labute approximate surface area is 123 Å². The third kappa shape index (κ3) is 5.78. The van der Waals surface area contributed by atoms with E-state index in [4.69, 9.17) is 4.74 Å². The molecule has 0 aliphatic rings. The van der Waals surface area contributed by atoms with Crippen molar-refractivity contribution in [2.75, 3.05) is 20.2 Å². The normalized spacial score (nSPS) is 10.2. The molecule has 0 radical (unpaired) electrons. The summed E-state index contributed by atoms with van der Waals surface area (Å²) in [6.45, 7) is 3.61. The van der Waals surface area contributed by atoms with Crippen LogP contribution in [0.1, 0.15) is 25.3 Å². The maximum Gasteiger partial charge on any atom is 0.311 e. The molecule has 7 heteroatoms. The van der Waals surface area contributed by atoms with Gasteiger partial charge in [-0.3, -0.25) is 14.9 Å². The van der Waals surface area contributed by atoms with Gasteiger partial charge in [0.1, 0.15) is 0 Å². The summed E-state index contributed by atoms with van der Waals surface area (Å²) >= 11 is 0. The van der Waals surface area contributed by atoms with Gasteiger partial charge in [-0.25, -0.2) is 0 Å². The molecule has 7 nitrogen and oxygen atoms in total. The van der Waals surface area contributed by atoms with E-state index in [0.29, 0.717) is 19.4 Å². The van der Waals surface area contributed by atoms with E-state index in [1.807, 2.05) is 6.92 Å². The molecule has 1 aromatic carbocycles. The van der Waals surface area contributed by atoms with Gasteiger partial charge in [-0.2, -0.15) is 0 Å². The lowest BCUT2D eigenvalue weighted by Gasteiger charge is -2.08. The van der Waals surface area contributed by atoms with Crippen LogP contribution in [-0.2, 0) is 11.3 Å². The van der Waals surface area contributed by atoms with Crippen LogP contribution in [0.15, 0.2) is 18.2 Å². The maximum absolute atomic E-state index is 11.1. The lowest BCUT2D eigenvalue weighted by atomic mass is 10.2. The Hall–Kier alpha value is -2.15. The molecule has 1 amide bonds. The van der Waals surface area contributed by atoms with Crippen molar-refractivity contribution in [2.45, 2.75) is 26.3 Å². The molecule has 0 fully saturated rings. The molecule has 0 saturated heterocycles. The Morgan fingerprint density at radius 2 is 2.19 bits per heavy atom. The lowest BCUT2D eigenvalue weighted by molar-refractivity contribution is -0.385. The molecule has 0 aromatic heterocycles. The standard InChI is InChI=1S/C14H21N3O4/c1-3-16-10-11-6-7-13(12(9-11)17(19)20)21-8-4-5-14(18)15-2/h6-7,9,16H,3-5,8,10H2,1-2H3,(H,15,18). The van der Waals surface area contributed by atoms with E-state index in [-0.39, 0.29) is 24.0 Å².